The average molecular weight is 187 g/mol. The van der Waals surface area contributed by atoms with Crippen LogP contribution in [0.15, 0.2) is 22.6 Å². The molecule has 0 aliphatic carbocycles. The Morgan fingerprint density at radius 1 is 1.79 bits per heavy atom. The zero-order valence-corrected chi connectivity index (χ0v) is 7.74. The summed E-state index contributed by atoms with van der Waals surface area (Å²) in [6.45, 7) is 5.37. The summed E-state index contributed by atoms with van der Waals surface area (Å²) in [4.78, 5) is 17.2. The quantitative estimate of drug-likeness (QED) is 0.598. The zero-order valence-electron chi connectivity index (χ0n) is 7.74. The highest BCUT2D eigenvalue weighted by molar-refractivity contribution is 5.53. The largest absolute Gasteiger partial charge is 0.320 e. The molecular weight excluding hydrogens is 178 g/mol. The molecule has 0 saturated carbocycles. The van der Waals surface area contributed by atoms with Crippen LogP contribution >= 0.6 is 0 Å². The Morgan fingerprint density at radius 3 is 3.00 bits per heavy atom. The summed E-state index contributed by atoms with van der Waals surface area (Å²) in [7, 11) is 0. The van der Waals surface area contributed by atoms with Gasteiger partial charge in [-0.15, -0.1) is 0 Å². The smallest absolute Gasteiger partial charge is 0.266 e. The number of aromatic amines is 1. The van der Waals surface area contributed by atoms with Crippen LogP contribution in [0.3, 0.4) is 0 Å². The summed E-state index contributed by atoms with van der Waals surface area (Å²) in [6, 6.07) is 1.99. The van der Waals surface area contributed by atoms with Crippen molar-refractivity contribution in [2.75, 3.05) is 0 Å². The van der Waals surface area contributed by atoms with Gasteiger partial charge in [0, 0.05) is 5.57 Å². The zero-order chi connectivity index (χ0) is 10.6. The predicted molar refractivity (Wildman–Crippen MR) is 53.5 cm³/mol. The van der Waals surface area contributed by atoms with Crippen LogP contribution in [0.5, 0.6) is 0 Å². The van der Waals surface area contributed by atoms with Crippen molar-refractivity contribution in [2.45, 2.75) is 6.92 Å². The number of H-pyrrole nitrogens is 1. The van der Waals surface area contributed by atoms with Crippen molar-refractivity contribution in [2.24, 2.45) is 0 Å². The van der Waals surface area contributed by atoms with E-state index in [1.165, 1.54) is 0 Å². The number of hydrogen-bond acceptors (Lipinski definition) is 3. The van der Waals surface area contributed by atoms with Crippen LogP contribution in [0.2, 0.25) is 0 Å². The fourth-order valence-electron chi connectivity index (χ4n) is 0.903. The van der Waals surface area contributed by atoms with Crippen molar-refractivity contribution < 1.29 is 0 Å². The molecule has 0 bridgehead atoms. The Balaban J connectivity index is 3.43. The molecule has 0 fully saturated rings. The maximum absolute atomic E-state index is 10.8. The van der Waals surface area contributed by atoms with Gasteiger partial charge < -0.3 is 4.98 Å². The molecule has 70 valence electrons. The fourth-order valence-corrected chi connectivity index (χ4v) is 0.903. The van der Waals surface area contributed by atoms with Gasteiger partial charge in [0.1, 0.15) is 0 Å². The van der Waals surface area contributed by atoms with Gasteiger partial charge in [-0.25, -0.2) is 4.98 Å². The number of aromatic nitrogens is 2. The van der Waals surface area contributed by atoms with Crippen molar-refractivity contribution in [1.82, 2.24) is 9.97 Å². The number of hydrogen-bond donors (Lipinski definition) is 1. The van der Waals surface area contributed by atoms with E-state index in [1.54, 1.807) is 19.1 Å². The van der Waals surface area contributed by atoms with E-state index in [0.29, 0.717) is 16.3 Å². The first-order valence-electron chi connectivity index (χ1n) is 4.00. The highest BCUT2D eigenvalue weighted by Crippen LogP contribution is 1.90. The van der Waals surface area contributed by atoms with Crippen molar-refractivity contribution in [1.29, 1.82) is 5.26 Å². The van der Waals surface area contributed by atoms with Gasteiger partial charge in [0.05, 0.1) is 23.0 Å². The van der Waals surface area contributed by atoms with E-state index in [9.17, 15) is 4.79 Å². The van der Waals surface area contributed by atoms with E-state index in [1.807, 2.05) is 6.07 Å². The maximum atomic E-state index is 10.8. The van der Waals surface area contributed by atoms with Gasteiger partial charge in [-0.3, -0.25) is 4.79 Å². The molecule has 0 aliphatic heterocycles. The summed E-state index contributed by atoms with van der Waals surface area (Å²) < 4.78 is 0. The topological polar surface area (TPSA) is 69.5 Å². The number of nitriles is 1. The minimum absolute atomic E-state index is 0.300. The third kappa shape index (κ3) is 2.17. The second-order valence-corrected chi connectivity index (χ2v) is 2.61. The van der Waals surface area contributed by atoms with Crippen molar-refractivity contribution >= 4 is 12.7 Å². The highest BCUT2D eigenvalue weighted by Gasteiger charge is 1.89. The Hall–Kier alpha value is -2.15. The first-order valence-corrected chi connectivity index (χ1v) is 4.00. The average Bonchev–Trinajstić information content (AvgIpc) is 2.17. The molecule has 0 unspecified atom stereocenters. The van der Waals surface area contributed by atoms with Crippen molar-refractivity contribution in [3.05, 3.63) is 38.9 Å². The number of allylic oxidation sites excluding steroid dienone is 2. The van der Waals surface area contributed by atoms with E-state index in [0.717, 1.165) is 6.20 Å². The van der Waals surface area contributed by atoms with E-state index in [4.69, 9.17) is 5.26 Å². The van der Waals surface area contributed by atoms with Gasteiger partial charge in [-0.1, -0.05) is 12.7 Å². The molecule has 1 rings (SSSR count). The van der Waals surface area contributed by atoms with Crippen LogP contribution < -0.4 is 16.3 Å². The summed E-state index contributed by atoms with van der Waals surface area (Å²) >= 11 is 0. The van der Waals surface area contributed by atoms with Gasteiger partial charge >= 0.3 is 0 Å². The van der Waals surface area contributed by atoms with Crippen LogP contribution in [-0.2, 0) is 0 Å². The van der Waals surface area contributed by atoms with Crippen LogP contribution in [0.25, 0.3) is 12.7 Å². The molecule has 4 heteroatoms. The van der Waals surface area contributed by atoms with Gasteiger partial charge in [-0.05, 0) is 13.0 Å². The lowest BCUT2D eigenvalue weighted by atomic mass is 10.2. The molecule has 0 radical (unpaired) electrons. The van der Waals surface area contributed by atoms with E-state index in [2.05, 4.69) is 16.5 Å². The fraction of sp³-hybridized carbons (Fsp3) is 0.100. The maximum Gasteiger partial charge on any atom is 0.266 e. The lowest BCUT2D eigenvalue weighted by Gasteiger charge is -1.88. The van der Waals surface area contributed by atoms with Gasteiger partial charge in [0.15, 0.2) is 0 Å². The summed E-state index contributed by atoms with van der Waals surface area (Å²) in [5.41, 5.74) is 0.181. The van der Waals surface area contributed by atoms with Gasteiger partial charge in [0.2, 0.25) is 0 Å². The first-order chi connectivity index (χ1) is 6.67. The minimum Gasteiger partial charge on any atom is -0.320 e. The highest BCUT2D eigenvalue weighted by atomic mass is 16.1. The number of rotatable bonds is 1. The van der Waals surface area contributed by atoms with Gasteiger partial charge in [-0.2, -0.15) is 5.26 Å². The van der Waals surface area contributed by atoms with E-state index in [-0.39, 0.29) is 5.56 Å². The lowest BCUT2D eigenvalue weighted by molar-refractivity contribution is 1.05. The molecule has 1 aromatic rings. The third-order valence-corrected chi connectivity index (χ3v) is 1.64. The van der Waals surface area contributed by atoms with Crippen molar-refractivity contribution in [3.63, 3.8) is 0 Å². The molecule has 0 spiro atoms. The van der Waals surface area contributed by atoms with Gasteiger partial charge in [0.25, 0.3) is 5.56 Å². The molecule has 0 amide bonds. The monoisotopic (exact) mass is 187 g/mol. The second-order valence-electron chi connectivity index (χ2n) is 2.61. The molecule has 14 heavy (non-hydrogen) atoms. The minimum atomic E-state index is -0.300. The molecule has 1 heterocycles. The molecular formula is C10H9N3O. The SMILES string of the molecule is C=c1[nH]c(=O)cn/c1=C/C(C#N)=C\C. The summed E-state index contributed by atoms with van der Waals surface area (Å²) in [5, 5.41) is 9.57. The second kappa shape index (κ2) is 4.19. The molecule has 0 atom stereocenters. The molecule has 0 aliphatic rings. The van der Waals surface area contributed by atoms with Crippen LogP contribution in [0, 0.1) is 11.3 Å². The Bertz CT molecular complexity index is 560. The van der Waals surface area contributed by atoms with Crippen LogP contribution in [0.1, 0.15) is 6.92 Å². The van der Waals surface area contributed by atoms with E-state index >= 15 is 0 Å². The third-order valence-electron chi connectivity index (χ3n) is 1.64. The Morgan fingerprint density at radius 2 is 2.50 bits per heavy atom. The standard InChI is InChI=1S/C10H9N3O/c1-3-8(5-11)4-9-7(2)13-10(14)6-12-9/h3-4,6H,2H2,1H3,(H,13,14)/b8-3+,9-4+. The molecule has 0 saturated heterocycles. The molecule has 0 aromatic carbocycles. The lowest BCUT2D eigenvalue weighted by Crippen LogP contribution is -2.35. The van der Waals surface area contributed by atoms with E-state index < -0.39 is 0 Å². The summed E-state index contributed by atoms with van der Waals surface area (Å²) in [5.74, 6) is 0. The first kappa shape index (κ1) is 9.93. The summed E-state index contributed by atoms with van der Waals surface area (Å²) in [6.07, 6.45) is 4.38. The normalized spacial score (nSPS) is 12.6. The van der Waals surface area contributed by atoms with Crippen LogP contribution in [-0.4, -0.2) is 9.97 Å². The molecule has 4 nitrogen and oxygen atoms in total. The molecule has 1 N–H and O–H groups in total. The van der Waals surface area contributed by atoms with Crippen LogP contribution in [0.4, 0.5) is 0 Å². The Labute approximate surface area is 80.5 Å². The predicted octanol–water partition coefficient (Wildman–Crippen LogP) is -0.569. The number of nitrogens with one attached hydrogen (secondary N) is 1. The molecule has 1 aromatic heterocycles. The Kier molecular flexibility index (Phi) is 2.97. The van der Waals surface area contributed by atoms with Crippen molar-refractivity contribution in [3.8, 4) is 6.07 Å². The number of nitrogens with zero attached hydrogens (tertiary/aromatic N) is 2.